The molecule has 0 radical (unpaired) electrons. The zero-order valence-electron chi connectivity index (χ0n) is 11.0. The van der Waals surface area contributed by atoms with Gasteiger partial charge >= 0.3 is 11.9 Å². The van der Waals surface area contributed by atoms with Gasteiger partial charge in [0.25, 0.3) is 0 Å². The van der Waals surface area contributed by atoms with Crippen molar-refractivity contribution in [3.8, 4) is 0 Å². The molecule has 2 aromatic rings. The lowest BCUT2D eigenvalue weighted by Gasteiger charge is -2.08. The van der Waals surface area contributed by atoms with Crippen LogP contribution in [-0.2, 0) is 12.8 Å². The molecular formula is C16H13ClO4. The molecule has 2 rings (SSSR count). The van der Waals surface area contributed by atoms with Gasteiger partial charge in [0.05, 0.1) is 11.1 Å². The van der Waals surface area contributed by atoms with Crippen LogP contribution in [-0.4, -0.2) is 22.2 Å². The maximum atomic E-state index is 11.2. The zero-order chi connectivity index (χ0) is 15.4. The number of carboxylic acids is 2. The summed E-state index contributed by atoms with van der Waals surface area (Å²) in [6, 6.07) is 11.5. The van der Waals surface area contributed by atoms with Crippen molar-refractivity contribution < 1.29 is 19.8 Å². The third-order valence-corrected chi connectivity index (χ3v) is 3.39. The molecule has 0 amide bonds. The smallest absolute Gasteiger partial charge is 0.335 e. The van der Waals surface area contributed by atoms with Crippen molar-refractivity contribution in [1.29, 1.82) is 0 Å². The maximum Gasteiger partial charge on any atom is 0.335 e. The van der Waals surface area contributed by atoms with Crippen molar-refractivity contribution in [3.63, 3.8) is 0 Å². The standard InChI is InChI=1S/C16H13ClO4/c17-13-3-1-2-10(8-13)4-5-11-6-7-12(15(18)19)9-14(11)16(20)21/h1-3,6-9H,4-5H2,(H,18,19)(H,20,21). The Hall–Kier alpha value is -2.33. The van der Waals surface area contributed by atoms with E-state index in [1.54, 1.807) is 12.1 Å². The summed E-state index contributed by atoms with van der Waals surface area (Å²) in [4.78, 5) is 22.1. The molecule has 0 heterocycles. The van der Waals surface area contributed by atoms with Crippen LogP contribution in [0.5, 0.6) is 0 Å². The van der Waals surface area contributed by atoms with Crippen LogP contribution in [0.2, 0.25) is 5.02 Å². The van der Waals surface area contributed by atoms with Crippen molar-refractivity contribution in [2.24, 2.45) is 0 Å². The number of carboxylic acid groups (broad SMARTS) is 2. The topological polar surface area (TPSA) is 74.6 Å². The molecule has 0 aliphatic carbocycles. The van der Waals surface area contributed by atoms with E-state index in [-0.39, 0.29) is 11.1 Å². The minimum Gasteiger partial charge on any atom is -0.478 e. The highest BCUT2D eigenvalue weighted by molar-refractivity contribution is 6.30. The molecule has 2 aromatic carbocycles. The first-order valence-corrected chi connectivity index (χ1v) is 6.69. The van der Waals surface area contributed by atoms with Crippen molar-refractivity contribution in [3.05, 3.63) is 69.7 Å². The van der Waals surface area contributed by atoms with Crippen molar-refractivity contribution in [2.75, 3.05) is 0 Å². The Balaban J connectivity index is 2.23. The first-order chi connectivity index (χ1) is 9.97. The van der Waals surface area contributed by atoms with Crippen LogP contribution in [0.15, 0.2) is 42.5 Å². The van der Waals surface area contributed by atoms with Gasteiger partial charge in [-0.1, -0.05) is 29.8 Å². The highest BCUT2D eigenvalue weighted by Crippen LogP contribution is 2.17. The monoisotopic (exact) mass is 304 g/mol. The third-order valence-electron chi connectivity index (χ3n) is 3.16. The highest BCUT2D eigenvalue weighted by Gasteiger charge is 2.13. The molecule has 0 aliphatic rings. The quantitative estimate of drug-likeness (QED) is 0.886. The van der Waals surface area contributed by atoms with Gasteiger partial charge in [-0.05, 0) is 48.2 Å². The second-order valence-corrected chi connectivity index (χ2v) is 5.05. The lowest BCUT2D eigenvalue weighted by Crippen LogP contribution is -2.07. The molecular weight excluding hydrogens is 292 g/mol. The minimum atomic E-state index is -1.14. The van der Waals surface area contributed by atoms with E-state index in [9.17, 15) is 14.7 Å². The van der Waals surface area contributed by atoms with Crippen molar-refractivity contribution >= 4 is 23.5 Å². The van der Waals surface area contributed by atoms with Crippen LogP contribution < -0.4 is 0 Å². The van der Waals surface area contributed by atoms with Gasteiger partial charge in [0.2, 0.25) is 0 Å². The Morgan fingerprint density at radius 2 is 1.71 bits per heavy atom. The maximum absolute atomic E-state index is 11.2. The number of benzene rings is 2. The predicted molar refractivity (Wildman–Crippen MR) is 79.2 cm³/mol. The summed E-state index contributed by atoms with van der Waals surface area (Å²) in [6.07, 6.45) is 1.13. The van der Waals surface area contributed by atoms with Crippen LogP contribution >= 0.6 is 11.6 Å². The van der Waals surface area contributed by atoms with Gasteiger partial charge in [-0.25, -0.2) is 9.59 Å². The van der Waals surface area contributed by atoms with E-state index in [0.29, 0.717) is 23.4 Å². The molecule has 4 nitrogen and oxygen atoms in total. The Kier molecular flexibility index (Phi) is 4.60. The van der Waals surface area contributed by atoms with Crippen LogP contribution in [0.25, 0.3) is 0 Å². The van der Waals surface area contributed by atoms with Crippen LogP contribution in [0.1, 0.15) is 31.8 Å². The largest absolute Gasteiger partial charge is 0.478 e. The highest BCUT2D eigenvalue weighted by atomic mass is 35.5. The van der Waals surface area contributed by atoms with E-state index >= 15 is 0 Å². The number of carbonyl (C=O) groups is 2. The fraction of sp³-hybridized carbons (Fsp3) is 0.125. The average molecular weight is 305 g/mol. The number of hydrogen-bond acceptors (Lipinski definition) is 2. The van der Waals surface area contributed by atoms with Gasteiger partial charge in [-0.2, -0.15) is 0 Å². The molecule has 21 heavy (non-hydrogen) atoms. The predicted octanol–water partition coefficient (Wildman–Crippen LogP) is 3.52. The summed E-state index contributed by atoms with van der Waals surface area (Å²) in [6.45, 7) is 0. The molecule has 0 unspecified atom stereocenters. The summed E-state index contributed by atoms with van der Waals surface area (Å²) in [7, 11) is 0. The molecule has 0 fully saturated rings. The Morgan fingerprint density at radius 3 is 2.33 bits per heavy atom. The number of rotatable bonds is 5. The molecule has 0 aromatic heterocycles. The average Bonchev–Trinajstić information content (AvgIpc) is 2.44. The first kappa shape index (κ1) is 15.1. The molecule has 5 heteroatoms. The second kappa shape index (κ2) is 6.41. The Labute approximate surface area is 126 Å². The van der Waals surface area contributed by atoms with Gasteiger partial charge in [0.1, 0.15) is 0 Å². The molecule has 0 saturated carbocycles. The number of hydrogen-bond donors (Lipinski definition) is 2. The van der Waals surface area contributed by atoms with E-state index in [0.717, 1.165) is 5.56 Å². The van der Waals surface area contributed by atoms with E-state index < -0.39 is 11.9 Å². The fourth-order valence-electron chi connectivity index (χ4n) is 2.10. The molecule has 2 N–H and O–H groups in total. The molecule has 0 saturated heterocycles. The lowest BCUT2D eigenvalue weighted by molar-refractivity contribution is 0.0695. The van der Waals surface area contributed by atoms with Crippen LogP contribution in [0.3, 0.4) is 0 Å². The minimum absolute atomic E-state index is 0.0249. The van der Waals surface area contributed by atoms with E-state index in [1.807, 2.05) is 18.2 Å². The fourth-order valence-corrected chi connectivity index (χ4v) is 2.31. The molecule has 0 aliphatic heterocycles. The van der Waals surface area contributed by atoms with Gasteiger partial charge in [-0.15, -0.1) is 0 Å². The van der Waals surface area contributed by atoms with Crippen molar-refractivity contribution in [1.82, 2.24) is 0 Å². The molecule has 108 valence electrons. The number of halogens is 1. The second-order valence-electron chi connectivity index (χ2n) is 4.61. The lowest BCUT2D eigenvalue weighted by atomic mass is 9.98. The zero-order valence-corrected chi connectivity index (χ0v) is 11.8. The number of aryl methyl sites for hydroxylation is 2. The summed E-state index contributed by atoms with van der Waals surface area (Å²) in [5.74, 6) is -2.27. The summed E-state index contributed by atoms with van der Waals surface area (Å²) in [5, 5.41) is 18.7. The van der Waals surface area contributed by atoms with Crippen LogP contribution in [0.4, 0.5) is 0 Å². The van der Waals surface area contributed by atoms with E-state index in [2.05, 4.69) is 0 Å². The van der Waals surface area contributed by atoms with Gasteiger partial charge in [0.15, 0.2) is 0 Å². The molecule has 0 atom stereocenters. The SMILES string of the molecule is O=C(O)c1ccc(CCc2cccc(Cl)c2)c(C(=O)O)c1. The van der Waals surface area contributed by atoms with Crippen LogP contribution in [0, 0.1) is 0 Å². The summed E-state index contributed by atoms with van der Waals surface area (Å²) < 4.78 is 0. The normalized spacial score (nSPS) is 10.3. The Bertz CT molecular complexity index is 694. The molecule has 0 bridgehead atoms. The van der Waals surface area contributed by atoms with Gasteiger partial charge in [-0.3, -0.25) is 0 Å². The Morgan fingerprint density at radius 1 is 0.952 bits per heavy atom. The van der Waals surface area contributed by atoms with E-state index in [4.69, 9.17) is 16.7 Å². The number of aromatic carboxylic acids is 2. The van der Waals surface area contributed by atoms with Gasteiger partial charge in [0, 0.05) is 5.02 Å². The summed E-state index contributed by atoms with van der Waals surface area (Å²) >= 11 is 5.90. The van der Waals surface area contributed by atoms with Gasteiger partial charge < -0.3 is 10.2 Å². The van der Waals surface area contributed by atoms with Crippen molar-refractivity contribution in [2.45, 2.75) is 12.8 Å². The third kappa shape index (κ3) is 3.83. The molecule has 0 spiro atoms. The first-order valence-electron chi connectivity index (χ1n) is 6.31. The van der Waals surface area contributed by atoms with E-state index in [1.165, 1.54) is 12.1 Å². The summed E-state index contributed by atoms with van der Waals surface area (Å²) in [5.41, 5.74) is 1.60.